The van der Waals surface area contributed by atoms with Gasteiger partial charge in [0.2, 0.25) is 5.91 Å². The second-order valence-electron chi connectivity index (χ2n) is 5.59. The van der Waals surface area contributed by atoms with E-state index in [4.69, 9.17) is 0 Å². The fourth-order valence-corrected chi connectivity index (χ4v) is 2.94. The van der Waals surface area contributed by atoms with Gasteiger partial charge in [-0.05, 0) is 43.5 Å². The van der Waals surface area contributed by atoms with E-state index < -0.39 is 0 Å². The lowest BCUT2D eigenvalue weighted by Crippen LogP contribution is -2.43. The fourth-order valence-electron chi connectivity index (χ4n) is 2.94. The third-order valence-corrected chi connectivity index (χ3v) is 4.04. The first-order valence-electron chi connectivity index (χ1n) is 7.40. The minimum Gasteiger partial charge on any atom is -0.355 e. The summed E-state index contributed by atoms with van der Waals surface area (Å²) in [5.74, 6) is -0.0861. The molecule has 1 aromatic rings. The number of nitrogens with one attached hydrogen (secondary N) is 2. The van der Waals surface area contributed by atoms with Crippen LogP contribution >= 0.6 is 0 Å². The van der Waals surface area contributed by atoms with E-state index in [9.17, 15) is 9.18 Å². The van der Waals surface area contributed by atoms with Crippen LogP contribution < -0.4 is 10.6 Å². The van der Waals surface area contributed by atoms with Crippen molar-refractivity contribution in [1.29, 1.82) is 0 Å². The molecule has 1 aliphatic rings. The molecule has 0 saturated carbocycles. The van der Waals surface area contributed by atoms with Crippen LogP contribution in [-0.2, 0) is 11.2 Å². The van der Waals surface area contributed by atoms with Crippen LogP contribution in [0.4, 0.5) is 4.39 Å². The van der Waals surface area contributed by atoms with E-state index in [1.54, 1.807) is 6.07 Å². The summed E-state index contributed by atoms with van der Waals surface area (Å²) in [4.78, 5) is 12.4. The minimum atomic E-state index is -0.239. The zero-order chi connectivity index (χ0) is 14.4. The Morgan fingerprint density at radius 3 is 3.00 bits per heavy atom. The summed E-state index contributed by atoms with van der Waals surface area (Å²) in [6, 6.07) is 6.54. The van der Waals surface area contributed by atoms with Gasteiger partial charge in [0, 0.05) is 13.1 Å². The maximum absolute atomic E-state index is 13.1. The molecule has 0 aliphatic carbocycles. The summed E-state index contributed by atoms with van der Waals surface area (Å²) < 4.78 is 13.1. The summed E-state index contributed by atoms with van der Waals surface area (Å²) in [6.07, 6.45) is 3.51. The van der Waals surface area contributed by atoms with Crippen molar-refractivity contribution in [2.75, 3.05) is 19.6 Å². The molecule has 1 amide bonds. The molecule has 1 aromatic carbocycles. The fraction of sp³-hybridized carbons (Fsp3) is 0.562. The summed E-state index contributed by atoms with van der Waals surface area (Å²) in [5.41, 5.74) is 0.677. The van der Waals surface area contributed by atoms with Crippen molar-refractivity contribution in [3.05, 3.63) is 35.6 Å². The second kappa shape index (κ2) is 6.84. The molecule has 0 radical (unpaired) electrons. The second-order valence-corrected chi connectivity index (χ2v) is 5.59. The Kier molecular flexibility index (Phi) is 5.12. The minimum absolute atomic E-state index is 0.140. The topological polar surface area (TPSA) is 41.1 Å². The highest BCUT2D eigenvalue weighted by atomic mass is 19.1. The van der Waals surface area contributed by atoms with Crippen LogP contribution in [0.1, 0.15) is 31.7 Å². The molecule has 20 heavy (non-hydrogen) atoms. The molecule has 2 rings (SSSR count). The molecule has 1 aliphatic heterocycles. The average Bonchev–Trinajstić information content (AvgIpc) is 2.89. The van der Waals surface area contributed by atoms with Crippen LogP contribution in [-0.4, -0.2) is 25.5 Å². The number of carbonyl (C=O) groups excluding carboxylic acids is 1. The Hall–Kier alpha value is -1.42. The number of rotatable bonds is 6. The van der Waals surface area contributed by atoms with Crippen LogP contribution in [0.3, 0.4) is 0 Å². The Bertz CT molecular complexity index is 456. The van der Waals surface area contributed by atoms with E-state index in [1.165, 1.54) is 12.1 Å². The predicted molar refractivity (Wildman–Crippen MR) is 77.9 cm³/mol. The number of hydrogen-bond acceptors (Lipinski definition) is 2. The first-order valence-corrected chi connectivity index (χ1v) is 7.40. The molecule has 1 heterocycles. The van der Waals surface area contributed by atoms with Crippen molar-refractivity contribution in [3.63, 3.8) is 0 Å². The lowest BCUT2D eigenvalue weighted by atomic mass is 9.81. The Balaban J connectivity index is 1.85. The zero-order valence-corrected chi connectivity index (χ0v) is 12.0. The molecule has 1 saturated heterocycles. The van der Waals surface area contributed by atoms with Gasteiger partial charge in [-0.1, -0.05) is 25.5 Å². The normalized spacial score (nSPS) is 21.9. The number of halogens is 1. The third kappa shape index (κ3) is 3.57. The van der Waals surface area contributed by atoms with E-state index in [0.717, 1.165) is 37.9 Å². The van der Waals surface area contributed by atoms with Gasteiger partial charge in [-0.15, -0.1) is 0 Å². The van der Waals surface area contributed by atoms with E-state index >= 15 is 0 Å². The molecular weight excluding hydrogens is 255 g/mol. The van der Waals surface area contributed by atoms with Gasteiger partial charge in [-0.25, -0.2) is 4.39 Å². The molecule has 1 atom stereocenters. The van der Waals surface area contributed by atoms with E-state index in [2.05, 4.69) is 17.6 Å². The molecule has 2 N–H and O–H groups in total. The molecule has 0 spiro atoms. The predicted octanol–water partition coefficient (Wildman–Crippen LogP) is 2.26. The van der Waals surface area contributed by atoms with Crippen molar-refractivity contribution >= 4 is 5.91 Å². The highest BCUT2D eigenvalue weighted by molar-refractivity contribution is 5.83. The highest BCUT2D eigenvalue weighted by Crippen LogP contribution is 2.31. The molecule has 110 valence electrons. The maximum atomic E-state index is 13.1. The number of amides is 1. The van der Waals surface area contributed by atoms with Crippen molar-refractivity contribution in [3.8, 4) is 0 Å². The maximum Gasteiger partial charge on any atom is 0.227 e. The van der Waals surface area contributed by atoms with Crippen LogP contribution in [0, 0.1) is 11.2 Å². The SMILES string of the molecule is CCCC1(C(=O)NCCc2cccc(F)c2)CCNC1. The molecule has 1 unspecified atom stereocenters. The Morgan fingerprint density at radius 1 is 1.50 bits per heavy atom. The summed E-state index contributed by atoms with van der Waals surface area (Å²) in [5, 5.41) is 6.30. The molecule has 4 heteroatoms. The number of hydrogen-bond donors (Lipinski definition) is 2. The summed E-state index contributed by atoms with van der Waals surface area (Å²) >= 11 is 0. The zero-order valence-electron chi connectivity index (χ0n) is 12.0. The van der Waals surface area contributed by atoms with Gasteiger partial charge >= 0.3 is 0 Å². The van der Waals surface area contributed by atoms with Crippen LogP contribution in [0.15, 0.2) is 24.3 Å². The lowest BCUT2D eigenvalue weighted by molar-refractivity contribution is -0.130. The van der Waals surface area contributed by atoms with Gasteiger partial charge in [0.1, 0.15) is 5.82 Å². The van der Waals surface area contributed by atoms with E-state index in [0.29, 0.717) is 13.0 Å². The van der Waals surface area contributed by atoms with Crippen LogP contribution in [0.25, 0.3) is 0 Å². The van der Waals surface area contributed by atoms with Gasteiger partial charge < -0.3 is 10.6 Å². The molecule has 3 nitrogen and oxygen atoms in total. The number of benzene rings is 1. The largest absolute Gasteiger partial charge is 0.355 e. The average molecular weight is 278 g/mol. The Morgan fingerprint density at radius 2 is 2.35 bits per heavy atom. The van der Waals surface area contributed by atoms with Crippen molar-refractivity contribution < 1.29 is 9.18 Å². The van der Waals surface area contributed by atoms with Crippen LogP contribution in [0.2, 0.25) is 0 Å². The molecule has 1 fully saturated rings. The molecule has 0 bridgehead atoms. The summed E-state index contributed by atoms with van der Waals surface area (Å²) in [7, 11) is 0. The van der Waals surface area contributed by atoms with Gasteiger partial charge in [0.05, 0.1) is 5.41 Å². The first-order chi connectivity index (χ1) is 9.66. The quantitative estimate of drug-likeness (QED) is 0.838. The smallest absolute Gasteiger partial charge is 0.227 e. The Labute approximate surface area is 120 Å². The van der Waals surface area contributed by atoms with Gasteiger partial charge in [0.25, 0.3) is 0 Å². The van der Waals surface area contributed by atoms with Gasteiger partial charge in [-0.2, -0.15) is 0 Å². The van der Waals surface area contributed by atoms with Crippen molar-refractivity contribution in [2.45, 2.75) is 32.6 Å². The lowest BCUT2D eigenvalue weighted by Gasteiger charge is -2.26. The van der Waals surface area contributed by atoms with Gasteiger partial charge in [0.15, 0.2) is 0 Å². The third-order valence-electron chi connectivity index (χ3n) is 4.04. The monoisotopic (exact) mass is 278 g/mol. The van der Waals surface area contributed by atoms with Crippen molar-refractivity contribution in [1.82, 2.24) is 10.6 Å². The van der Waals surface area contributed by atoms with Gasteiger partial charge in [-0.3, -0.25) is 4.79 Å². The number of carbonyl (C=O) groups is 1. The molecular formula is C16H23FN2O. The van der Waals surface area contributed by atoms with Crippen LogP contribution in [0.5, 0.6) is 0 Å². The van der Waals surface area contributed by atoms with E-state index in [-0.39, 0.29) is 17.1 Å². The first kappa shape index (κ1) is 15.0. The molecule has 0 aromatic heterocycles. The highest BCUT2D eigenvalue weighted by Gasteiger charge is 2.39. The van der Waals surface area contributed by atoms with Crippen molar-refractivity contribution in [2.24, 2.45) is 5.41 Å². The van der Waals surface area contributed by atoms with E-state index in [1.807, 2.05) is 6.07 Å². The standard InChI is InChI=1S/C16H23FN2O/c1-2-7-16(8-10-18-12-16)15(20)19-9-6-13-4-3-5-14(17)11-13/h3-5,11,18H,2,6-10,12H2,1H3,(H,19,20). The summed E-state index contributed by atoms with van der Waals surface area (Å²) in [6.45, 7) is 4.36.